The molecule has 0 amide bonds. The lowest BCUT2D eigenvalue weighted by molar-refractivity contribution is 1.22. The molecule has 0 heterocycles. The first kappa shape index (κ1) is 11.5. The molecule has 1 aliphatic rings. The van der Waals surface area contributed by atoms with Crippen LogP contribution in [0.4, 0.5) is 0 Å². The Balaban J connectivity index is 1.96. The second-order valence-electron chi connectivity index (χ2n) is 5.48. The fraction of sp³-hybridized carbons (Fsp3) is 0.100. The van der Waals surface area contributed by atoms with Crippen LogP contribution in [0, 0.1) is 6.92 Å². The van der Waals surface area contributed by atoms with Crippen LogP contribution in [0.3, 0.4) is 0 Å². The maximum absolute atomic E-state index is 2.26. The highest BCUT2D eigenvalue weighted by Gasteiger charge is 2.22. The minimum absolute atomic E-state index is 1.06. The van der Waals surface area contributed by atoms with Gasteiger partial charge in [0.05, 0.1) is 0 Å². The Labute approximate surface area is 119 Å². The van der Waals surface area contributed by atoms with E-state index in [1.54, 1.807) is 0 Å². The maximum atomic E-state index is 2.26. The van der Waals surface area contributed by atoms with Gasteiger partial charge in [0.1, 0.15) is 0 Å². The molecule has 0 fully saturated rings. The molecule has 0 N–H and O–H groups in total. The van der Waals surface area contributed by atoms with Crippen LogP contribution < -0.4 is 0 Å². The molecular formula is C20H16. The normalized spacial score (nSPS) is 12.1. The van der Waals surface area contributed by atoms with Crippen molar-refractivity contribution in [3.05, 3.63) is 83.4 Å². The van der Waals surface area contributed by atoms with Crippen LogP contribution in [-0.4, -0.2) is 0 Å². The van der Waals surface area contributed by atoms with Crippen molar-refractivity contribution in [2.75, 3.05) is 0 Å². The van der Waals surface area contributed by atoms with E-state index >= 15 is 0 Å². The molecule has 0 unspecified atom stereocenters. The monoisotopic (exact) mass is 256 g/mol. The van der Waals surface area contributed by atoms with Gasteiger partial charge in [-0.15, -0.1) is 0 Å². The van der Waals surface area contributed by atoms with Gasteiger partial charge in [0.25, 0.3) is 0 Å². The van der Waals surface area contributed by atoms with E-state index in [2.05, 4.69) is 73.7 Å². The van der Waals surface area contributed by atoms with Crippen molar-refractivity contribution in [3.8, 4) is 22.3 Å². The van der Waals surface area contributed by atoms with E-state index in [4.69, 9.17) is 0 Å². The zero-order valence-electron chi connectivity index (χ0n) is 11.6. The Morgan fingerprint density at radius 1 is 0.600 bits per heavy atom. The average molecular weight is 256 g/mol. The molecule has 96 valence electrons. The van der Waals surface area contributed by atoms with Crippen LogP contribution in [-0.2, 0) is 6.42 Å². The zero-order valence-corrected chi connectivity index (χ0v) is 11.6. The molecule has 0 saturated heterocycles. The average Bonchev–Trinajstić information content (AvgIpc) is 2.88. The second-order valence-corrected chi connectivity index (χ2v) is 5.48. The largest absolute Gasteiger partial charge is 0.0622 e. The Kier molecular flexibility index (Phi) is 2.50. The highest BCUT2D eigenvalue weighted by molar-refractivity contribution is 5.85. The molecule has 0 aliphatic heterocycles. The molecule has 0 atom stereocenters. The zero-order chi connectivity index (χ0) is 13.5. The van der Waals surface area contributed by atoms with Gasteiger partial charge in [-0.3, -0.25) is 0 Å². The fourth-order valence-corrected chi connectivity index (χ4v) is 3.28. The van der Waals surface area contributed by atoms with E-state index in [9.17, 15) is 0 Å². The summed E-state index contributed by atoms with van der Waals surface area (Å²) in [5.74, 6) is 0. The van der Waals surface area contributed by atoms with Crippen LogP contribution in [0.25, 0.3) is 22.3 Å². The molecule has 0 nitrogen and oxygen atoms in total. The summed E-state index contributed by atoms with van der Waals surface area (Å²) in [5, 5.41) is 0. The summed E-state index contributed by atoms with van der Waals surface area (Å²) >= 11 is 0. The molecule has 3 aromatic rings. The van der Waals surface area contributed by atoms with Crippen molar-refractivity contribution in [2.24, 2.45) is 0 Å². The molecule has 3 aromatic carbocycles. The van der Waals surface area contributed by atoms with Crippen molar-refractivity contribution in [1.29, 1.82) is 0 Å². The molecule has 4 rings (SSSR count). The quantitative estimate of drug-likeness (QED) is 0.437. The molecule has 0 aromatic heterocycles. The number of hydrogen-bond acceptors (Lipinski definition) is 0. The predicted molar refractivity (Wildman–Crippen MR) is 84.9 cm³/mol. The Morgan fingerprint density at radius 3 is 2.05 bits per heavy atom. The minimum Gasteiger partial charge on any atom is -0.0622 e. The standard InChI is InChI=1S/C20H16/c1-14-7-5-11-17-18-12-6-10-16(20(18)13-19(14)17)15-8-3-2-4-9-15/h2-12H,13H2,1H3. The Bertz CT molecular complexity index is 782. The highest BCUT2D eigenvalue weighted by atomic mass is 14.3. The van der Waals surface area contributed by atoms with Crippen LogP contribution >= 0.6 is 0 Å². The number of benzene rings is 3. The lowest BCUT2D eigenvalue weighted by Gasteiger charge is -2.08. The number of fused-ring (bicyclic) bond motifs is 3. The van der Waals surface area contributed by atoms with Gasteiger partial charge in [-0.25, -0.2) is 0 Å². The highest BCUT2D eigenvalue weighted by Crippen LogP contribution is 2.42. The molecule has 0 heteroatoms. The molecular weight excluding hydrogens is 240 g/mol. The molecule has 0 bridgehead atoms. The van der Waals surface area contributed by atoms with Gasteiger partial charge in [-0.1, -0.05) is 66.7 Å². The SMILES string of the molecule is Cc1cccc2c1Cc1c(-c3ccccc3)cccc1-2. The first-order valence-corrected chi connectivity index (χ1v) is 7.11. The number of aryl methyl sites for hydroxylation is 1. The molecule has 0 spiro atoms. The molecule has 0 radical (unpaired) electrons. The Morgan fingerprint density at radius 2 is 1.25 bits per heavy atom. The van der Waals surface area contributed by atoms with Crippen LogP contribution in [0.2, 0.25) is 0 Å². The molecule has 20 heavy (non-hydrogen) atoms. The number of hydrogen-bond donors (Lipinski definition) is 0. The van der Waals surface area contributed by atoms with E-state index in [0.29, 0.717) is 0 Å². The van der Waals surface area contributed by atoms with E-state index in [1.807, 2.05) is 0 Å². The summed E-state index contributed by atoms with van der Waals surface area (Å²) < 4.78 is 0. The minimum atomic E-state index is 1.06. The van der Waals surface area contributed by atoms with Gasteiger partial charge in [0.2, 0.25) is 0 Å². The van der Waals surface area contributed by atoms with Gasteiger partial charge < -0.3 is 0 Å². The smallest absolute Gasteiger partial charge is 0.000466 e. The third-order valence-corrected chi connectivity index (χ3v) is 4.31. The lowest BCUT2D eigenvalue weighted by atomic mass is 9.96. The van der Waals surface area contributed by atoms with Crippen molar-refractivity contribution in [1.82, 2.24) is 0 Å². The van der Waals surface area contributed by atoms with Crippen molar-refractivity contribution < 1.29 is 0 Å². The summed E-state index contributed by atoms with van der Waals surface area (Å²) in [6.07, 6.45) is 1.06. The maximum Gasteiger partial charge on any atom is -0.000466 e. The van der Waals surface area contributed by atoms with Crippen molar-refractivity contribution in [2.45, 2.75) is 13.3 Å². The van der Waals surface area contributed by atoms with E-state index in [0.717, 1.165) is 6.42 Å². The third-order valence-electron chi connectivity index (χ3n) is 4.31. The van der Waals surface area contributed by atoms with E-state index in [-0.39, 0.29) is 0 Å². The second kappa shape index (κ2) is 4.35. The first-order chi connectivity index (χ1) is 9.84. The topological polar surface area (TPSA) is 0 Å². The van der Waals surface area contributed by atoms with Gasteiger partial charge in [0.15, 0.2) is 0 Å². The predicted octanol–water partition coefficient (Wildman–Crippen LogP) is 5.23. The van der Waals surface area contributed by atoms with E-state index in [1.165, 1.54) is 38.9 Å². The van der Waals surface area contributed by atoms with Gasteiger partial charge in [-0.2, -0.15) is 0 Å². The molecule has 0 saturated carbocycles. The van der Waals surface area contributed by atoms with Crippen LogP contribution in [0.15, 0.2) is 66.7 Å². The lowest BCUT2D eigenvalue weighted by Crippen LogP contribution is -1.88. The Hall–Kier alpha value is -2.34. The van der Waals surface area contributed by atoms with Gasteiger partial charge in [0, 0.05) is 0 Å². The summed E-state index contributed by atoms with van der Waals surface area (Å²) in [6.45, 7) is 2.22. The summed E-state index contributed by atoms with van der Waals surface area (Å²) in [5.41, 5.74) is 9.88. The van der Waals surface area contributed by atoms with Gasteiger partial charge >= 0.3 is 0 Å². The summed E-state index contributed by atoms with van der Waals surface area (Å²) in [7, 11) is 0. The van der Waals surface area contributed by atoms with E-state index < -0.39 is 0 Å². The summed E-state index contributed by atoms with van der Waals surface area (Å²) in [6, 6.07) is 24.0. The van der Waals surface area contributed by atoms with Crippen LogP contribution in [0.5, 0.6) is 0 Å². The summed E-state index contributed by atoms with van der Waals surface area (Å²) in [4.78, 5) is 0. The van der Waals surface area contributed by atoms with Gasteiger partial charge in [-0.05, 0) is 52.3 Å². The first-order valence-electron chi connectivity index (χ1n) is 7.11. The number of rotatable bonds is 1. The van der Waals surface area contributed by atoms with Crippen LogP contribution in [0.1, 0.15) is 16.7 Å². The third kappa shape index (κ3) is 1.61. The molecule has 1 aliphatic carbocycles. The van der Waals surface area contributed by atoms with Crippen molar-refractivity contribution in [3.63, 3.8) is 0 Å². The van der Waals surface area contributed by atoms with Crippen molar-refractivity contribution >= 4 is 0 Å². The fourth-order valence-electron chi connectivity index (χ4n) is 3.28.